The van der Waals surface area contributed by atoms with E-state index in [1.165, 1.54) is 5.56 Å². The van der Waals surface area contributed by atoms with Crippen LogP contribution in [-0.2, 0) is 0 Å². The van der Waals surface area contributed by atoms with Gasteiger partial charge in [-0.3, -0.25) is 0 Å². The molecule has 2 aromatic rings. The summed E-state index contributed by atoms with van der Waals surface area (Å²) < 4.78 is 0. The summed E-state index contributed by atoms with van der Waals surface area (Å²) in [7, 11) is 0. The Labute approximate surface area is 108 Å². The molecule has 0 spiro atoms. The van der Waals surface area contributed by atoms with Crippen molar-refractivity contribution < 1.29 is 0 Å². The molecule has 0 heterocycles. The second kappa shape index (κ2) is 5.88. The predicted octanol–water partition coefficient (Wildman–Crippen LogP) is 3.71. The minimum absolute atomic E-state index is 0.120. The van der Waals surface area contributed by atoms with Crippen LogP contribution in [0.3, 0.4) is 0 Å². The molecule has 1 N–H and O–H groups in total. The molecule has 2 heteroatoms. The van der Waals surface area contributed by atoms with Crippen LogP contribution in [0.1, 0.15) is 17.0 Å². The lowest BCUT2D eigenvalue weighted by Crippen LogP contribution is -2.11. The number of nitriles is 1. The maximum absolute atomic E-state index is 9.24. The van der Waals surface area contributed by atoms with Gasteiger partial charge in [0.05, 0.1) is 12.0 Å². The normalized spacial score (nSPS) is 11.6. The quantitative estimate of drug-likeness (QED) is 0.878. The van der Waals surface area contributed by atoms with Gasteiger partial charge in [0.15, 0.2) is 0 Å². The van der Waals surface area contributed by atoms with E-state index >= 15 is 0 Å². The minimum Gasteiger partial charge on any atom is -0.383 e. The molecule has 0 saturated carbocycles. The zero-order valence-corrected chi connectivity index (χ0v) is 10.4. The Morgan fingerprint density at radius 2 is 1.72 bits per heavy atom. The maximum atomic E-state index is 9.24. The lowest BCUT2D eigenvalue weighted by atomic mass is 10.0. The van der Waals surface area contributed by atoms with Crippen molar-refractivity contribution in [2.24, 2.45) is 0 Å². The van der Waals surface area contributed by atoms with Crippen LogP contribution in [-0.4, -0.2) is 6.54 Å². The average Bonchev–Trinajstić information content (AvgIpc) is 2.42. The van der Waals surface area contributed by atoms with Gasteiger partial charge in [-0.25, -0.2) is 0 Å². The van der Waals surface area contributed by atoms with E-state index < -0.39 is 0 Å². The molecule has 1 unspecified atom stereocenters. The molecular weight excluding hydrogens is 220 g/mol. The van der Waals surface area contributed by atoms with Gasteiger partial charge in [-0.15, -0.1) is 0 Å². The Morgan fingerprint density at radius 1 is 1.06 bits per heavy atom. The van der Waals surface area contributed by atoms with Crippen molar-refractivity contribution in [3.8, 4) is 6.07 Å². The van der Waals surface area contributed by atoms with Gasteiger partial charge in [-0.05, 0) is 24.1 Å². The molecule has 90 valence electrons. The third-order valence-electron chi connectivity index (χ3n) is 3.00. The molecule has 2 rings (SSSR count). The van der Waals surface area contributed by atoms with Gasteiger partial charge in [0, 0.05) is 12.2 Å². The second-order valence-corrected chi connectivity index (χ2v) is 4.29. The van der Waals surface area contributed by atoms with E-state index in [2.05, 4.69) is 24.4 Å². The number of nitrogens with zero attached hydrogens (tertiary/aromatic N) is 1. The number of hydrogen-bond acceptors (Lipinski definition) is 2. The second-order valence-electron chi connectivity index (χ2n) is 4.29. The summed E-state index contributed by atoms with van der Waals surface area (Å²) >= 11 is 0. The van der Waals surface area contributed by atoms with Crippen molar-refractivity contribution >= 4 is 5.69 Å². The van der Waals surface area contributed by atoms with Gasteiger partial charge in [0.1, 0.15) is 0 Å². The minimum atomic E-state index is -0.120. The predicted molar refractivity (Wildman–Crippen MR) is 74.5 cm³/mol. The first-order valence-electron chi connectivity index (χ1n) is 6.05. The molecule has 0 saturated heterocycles. The molecule has 2 nitrogen and oxygen atoms in total. The summed E-state index contributed by atoms with van der Waals surface area (Å²) in [5, 5.41) is 12.6. The molecular formula is C16H16N2. The molecule has 0 aliphatic heterocycles. The van der Waals surface area contributed by atoms with Crippen LogP contribution >= 0.6 is 0 Å². The largest absolute Gasteiger partial charge is 0.383 e. The molecule has 0 bridgehead atoms. The molecule has 0 radical (unpaired) electrons. The van der Waals surface area contributed by atoms with Crippen LogP contribution < -0.4 is 5.32 Å². The zero-order chi connectivity index (χ0) is 12.8. The molecule has 0 amide bonds. The third-order valence-corrected chi connectivity index (χ3v) is 3.00. The summed E-state index contributed by atoms with van der Waals surface area (Å²) in [6.07, 6.45) is 0. The van der Waals surface area contributed by atoms with Gasteiger partial charge >= 0.3 is 0 Å². The van der Waals surface area contributed by atoms with E-state index in [9.17, 15) is 5.26 Å². The molecule has 0 aliphatic carbocycles. The zero-order valence-electron chi connectivity index (χ0n) is 10.4. The molecule has 0 fully saturated rings. The molecule has 18 heavy (non-hydrogen) atoms. The van der Waals surface area contributed by atoms with Crippen LogP contribution in [0.4, 0.5) is 5.69 Å². The van der Waals surface area contributed by atoms with Crippen LogP contribution in [0.2, 0.25) is 0 Å². The third kappa shape index (κ3) is 2.89. The molecule has 1 atom stereocenters. The Morgan fingerprint density at radius 3 is 2.39 bits per heavy atom. The summed E-state index contributed by atoms with van der Waals surface area (Å²) in [6, 6.07) is 20.3. The molecule has 0 aromatic heterocycles. The Balaban J connectivity index is 2.05. The maximum Gasteiger partial charge on any atom is 0.0885 e. The Kier molecular flexibility index (Phi) is 3.98. The highest BCUT2D eigenvalue weighted by Crippen LogP contribution is 2.18. The smallest absolute Gasteiger partial charge is 0.0885 e. The van der Waals surface area contributed by atoms with Crippen molar-refractivity contribution in [3.63, 3.8) is 0 Å². The number of hydrogen-bond donors (Lipinski definition) is 1. The van der Waals surface area contributed by atoms with Gasteiger partial charge < -0.3 is 5.32 Å². The van der Waals surface area contributed by atoms with Crippen LogP contribution in [0.15, 0.2) is 54.6 Å². The number of rotatable bonds is 4. The summed E-state index contributed by atoms with van der Waals surface area (Å²) in [4.78, 5) is 0. The van der Waals surface area contributed by atoms with E-state index in [1.807, 2.05) is 48.5 Å². The average molecular weight is 236 g/mol. The SMILES string of the molecule is Cc1ccccc1NCC(C#N)c1ccccc1. The topological polar surface area (TPSA) is 35.8 Å². The number of aryl methyl sites for hydroxylation is 1. The lowest BCUT2D eigenvalue weighted by Gasteiger charge is -2.13. The number of nitrogens with one attached hydrogen (secondary N) is 1. The standard InChI is InChI=1S/C16H16N2/c1-13-7-5-6-10-16(13)18-12-15(11-17)14-8-3-2-4-9-14/h2-10,15,18H,12H2,1H3. The fraction of sp³-hybridized carbons (Fsp3) is 0.188. The van der Waals surface area contributed by atoms with E-state index in [1.54, 1.807) is 0 Å². The summed E-state index contributed by atoms with van der Waals surface area (Å²) in [5.41, 5.74) is 3.34. The van der Waals surface area contributed by atoms with Crippen LogP contribution in [0.5, 0.6) is 0 Å². The highest BCUT2D eigenvalue weighted by Gasteiger charge is 2.09. The fourth-order valence-electron chi connectivity index (χ4n) is 1.91. The van der Waals surface area contributed by atoms with Gasteiger partial charge in [0.25, 0.3) is 0 Å². The van der Waals surface area contributed by atoms with Crippen molar-refractivity contribution in [1.29, 1.82) is 5.26 Å². The van der Waals surface area contributed by atoms with E-state index in [0.29, 0.717) is 6.54 Å². The van der Waals surface area contributed by atoms with Crippen molar-refractivity contribution in [2.45, 2.75) is 12.8 Å². The van der Waals surface area contributed by atoms with Gasteiger partial charge in [-0.1, -0.05) is 48.5 Å². The van der Waals surface area contributed by atoms with E-state index in [4.69, 9.17) is 0 Å². The fourth-order valence-corrected chi connectivity index (χ4v) is 1.91. The summed E-state index contributed by atoms with van der Waals surface area (Å²) in [6.45, 7) is 2.69. The first-order chi connectivity index (χ1) is 8.81. The van der Waals surface area contributed by atoms with Crippen molar-refractivity contribution in [3.05, 3.63) is 65.7 Å². The monoisotopic (exact) mass is 236 g/mol. The van der Waals surface area contributed by atoms with E-state index in [-0.39, 0.29) is 5.92 Å². The highest BCUT2D eigenvalue weighted by atomic mass is 14.9. The Bertz CT molecular complexity index is 541. The molecule has 2 aromatic carbocycles. The lowest BCUT2D eigenvalue weighted by molar-refractivity contribution is 0.899. The van der Waals surface area contributed by atoms with Gasteiger partial charge in [0.2, 0.25) is 0 Å². The first-order valence-corrected chi connectivity index (χ1v) is 6.05. The Hall–Kier alpha value is -2.27. The van der Waals surface area contributed by atoms with Crippen molar-refractivity contribution in [2.75, 3.05) is 11.9 Å². The van der Waals surface area contributed by atoms with E-state index in [0.717, 1.165) is 11.3 Å². The number of anilines is 1. The van der Waals surface area contributed by atoms with Crippen LogP contribution in [0.25, 0.3) is 0 Å². The number of benzene rings is 2. The highest BCUT2D eigenvalue weighted by molar-refractivity contribution is 5.50. The summed E-state index contributed by atoms with van der Waals surface area (Å²) in [5.74, 6) is -0.120. The first kappa shape index (κ1) is 12.2. The number of para-hydroxylation sites is 1. The van der Waals surface area contributed by atoms with Crippen molar-refractivity contribution in [1.82, 2.24) is 0 Å². The van der Waals surface area contributed by atoms with Gasteiger partial charge in [-0.2, -0.15) is 5.26 Å². The molecule has 0 aliphatic rings. The van der Waals surface area contributed by atoms with Crippen LogP contribution in [0, 0.1) is 18.3 Å².